The standard InChI is InChI=1S/C25H27N5O3S/c31-25(29-10-14-33-15-11-29)22-21-17-34-24-20(2-1-7-26-24)23(21)30(27-22)19-5-3-18(4-6-19)16-28-8-12-32-13-9-28/h1-7H,8-17H2. The number of hydrogen-bond acceptors (Lipinski definition) is 7. The Labute approximate surface area is 202 Å². The van der Waals surface area contributed by atoms with Crippen molar-refractivity contribution in [2.24, 2.45) is 0 Å². The fraction of sp³-hybridized carbons (Fsp3) is 0.400. The third-order valence-corrected chi connectivity index (χ3v) is 7.59. The third-order valence-electron chi connectivity index (χ3n) is 6.55. The molecule has 0 saturated carbocycles. The summed E-state index contributed by atoms with van der Waals surface area (Å²) in [7, 11) is 0. The zero-order chi connectivity index (χ0) is 22.9. The van der Waals surface area contributed by atoms with Crippen molar-refractivity contribution in [3.63, 3.8) is 0 Å². The smallest absolute Gasteiger partial charge is 0.274 e. The number of aromatic nitrogens is 3. The van der Waals surface area contributed by atoms with Gasteiger partial charge in [0.25, 0.3) is 5.91 Å². The summed E-state index contributed by atoms with van der Waals surface area (Å²) in [5, 5.41) is 5.88. The molecule has 8 nitrogen and oxygen atoms in total. The van der Waals surface area contributed by atoms with Crippen LogP contribution in [0.25, 0.3) is 16.9 Å². The molecular weight excluding hydrogens is 450 g/mol. The number of carbonyl (C=O) groups excluding carboxylic acids is 1. The Morgan fingerprint density at radius 1 is 0.971 bits per heavy atom. The number of hydrogen-bond donors (Lipinski definition) is 0. The number of benzene rings is 1. The van der Waals surface area contributed by atoms with E-state index in [-0.39, 0.29) is 5.91 Å². The van der Waals surface area contributed by atoms with Gasteiger partial charge in [-0.05, 0) is 29.8 Å². The molecule has 3 aromatic rings. The van der Waals surface area contributed by atoms with Gasteiger partial charge in [0, 0.05) is 55.8 Å². The van der Waals surface area contributed by atoms with Gasteiger partial charge < -0.3 is 14.4 Å². The summed E-state index contributed by atoms with van der Waals surface area (Å²) in [6.45, 7) is 6.76. The maximum Gasteiger partial charge on any atom is 0.274 e. The molecule has 3 aliphatic rings. The van der Waals surface area contributed by atoms with Gasteiger partial charge >= 0.3 is 0 Å². The van der Waals surface area contributed by atoms with E-state index in [9.17, 15) is 4.79 Å². The molecule has 0 spiro atoms. The van der Waals surface area contributed by atoms with Gasteiger partial charge in [0.1, 0.15) is 5.03 Å². The molecule has 34 heavy (non-hydrogen) atoms. The highest BCUT2D eigenvalue weighted by atomic mass is 32.2. The number of thioether (sulfide) groups is 1. The number of rotatable bonds is 4. The molecule has 5 heterocycles. The van der Waals surface area contributed by atoms with E-state index in [2.05, 4.69) is 40.2 Å². The largest absolute Gasteiger partial charge is 0.379 e. The minimum absolute atomic E-state index is 0.0184. The Bertz CT molecular complexity index is 1180. The highest BCUT2D eigenvalue weighted by molar-refractivity contribution is 7.98. The molecule has 2 saturated heterocycles. The number of nitrogens with zero attached hydrogens (tertiary/aromatic N) is 5. The molecule has 2 aromatic heterocycles. The Morgan fingerprint density at radius 2 is 1.71 bits per heavy atom. The van der Waals surface area contributed by atoms with Crippen molar-refractivity contribution in [1.29, 1.82) is 0 Å². The zero-order valence-electron chi connectivity index (χ0n) is 19.0. The molecule has 0 unspecified atom stereocenters. The highest BCUT2D eigenvalue weighted by Crippen LogP contribution is 2.42. The normalized spacial score (nSPS) is 18.4. The first-order valence-corrected chi connectivity index (χ1v) is 12.7. The van der Waals surface area contributed by atoms with Crippen LogP contribution in [-0.2, 0) is 21.8 Å². The predicted molar refractivity (Wildman–Crippen MR) is 129 cm³/mol. The zero-order valence-corrected chi connectivity index (χ0v) is 19.8. The van der Waals surface area contributed by atoms with Crippen molar-refractivity contribution < 1.29 is 14.3 Å². The van der Waals surface area contributed by atoms with Gasteiger partial charge in [-0.25, -0.2) is 9.67 Å². The minimum Gasteiger partial charge on any atom is -0.379 e. The van der Waals surface area contributed by atoms with Crippen molar-refractivity contribution in [3.8, 4) is 16.9 Å². The van der Waals surface area contributed by atoms with Gasteiger partial charge in [-0.2, -0.15) is 5.10 Å². The number of fused-ring (bicyclic) bond motifs is 3. The second kappa shape index (κ2) is 9.50. The second-order valence-electron chi connectivity index (χ2n) is 8.69. The molecule has 0 atom stereocenters. The Morgan fingerprint density at radius 3 is 2.47 bits per heavy atom. The van der Waals surface area contributed by atoms with Crippen LogP contribution in [0.15, 0.2) is 47.6 Å². The monoisotopic (exact) mass is 477 g/mol. The maximum atomic E-state index is 13.5. The molecule has 0 aliphatic carbocycles. The summed E-state index contributed by atoms with van der Waals surface area (Å²) in [6.07, 6.45) is 1.82. The first-order chi connectivity index (χ1) is 16.8. The van der Waals surface area contributed by atoms with Gasteiger partial charge in [-0.15, -0.1) is 11.8 Å². The van der Waals surface area contributed by atoms with Crippen LogP contribution in [0, 0.1) is 0 Å². The van der Waals surface area contributed by atoms with Crippen molar-refractivity contribution in [2.75, 3.05) is 52.6 Å². The number of ether oxygens (including phenoxy) is 2. The van der Waals surface area contributed by atoms with Crippen LogP contribution in [0.4, 0.5) is 0 Å². The Balaban J connectivity index is 1.37. The Hall–Kier alpha value is -2.72. The molecule has 3 aliphatic heterocycles. The number of amides is 1. The third kappa shape index (κ3) is 4.13. The predicted octanol–water partition coefficient (Wildman–Crippen LogP) is 2.84. The van der Waals surface area contributed by atoms with Crippen molar-refractivity contribution in [2.45, 2.75) is 17.3 Å². The van der Waals surface area contributed by atoms with Crippen LogP contribution in [0.3, 0.4) is 0 Å². The van der Waals surface area contributed by atoms with Gasteiger partial charge in [-0.1, -0.05) is 12.1 Å². The van der Waals surface area contributed by atoms with Crippen molar-refractivity contribution >= 4 is 17.7 Å². The van der Waals surface area contributed by atoms with Crippen molar-refractivity contribution in [3.05, 3.63) is 59.4 Å². The van der Waals surface area contributed by atoms with Crippen LogP contribution in [0.1, 0.15) is 21.6 Å². The number of carbonyl (C=O) groups is 1. The summed E-state index contributed by atoms with van der Waals surface area (Å²) in [6, 6.07) is 12.5. The molecule has 0 radical (unpaired) electrons. The molecule has 176 valence electrons. The van der Waals surface area contributed by atoms with Crippen LogP contribution < -0.4 is 0 Å². The summed E-state index contributed by atoms with van der Waals surface area (Å²) in [5.41, 5.74) is 5.73. The molecule has 2 fully saturated rings. The molecule has 9 heteroatoms. The quantitative estimate of drug-likeness (QED) is 0.572. The Kier molecular flexibility index (Phi) is 6.09. The first-order valence-electron chi connectivity index (χ1n) is 11.7. The molecule has 0 N–H and O–H groups in total. The van der Waals surface area contributed by atoms with Crippen LogP contribution >= 0.6 is 11.8 Å². The summed E-state index contributed by atoms with van der Waals surface area (Å²) < 4.78 is 12.8. The van der Waals surface area contributed by atoms with Crippen molar-refractivity contribution in [1.82, 2.24) is 24.6 Å². The minimum atomic E-state index is -0.0184. The van der Waals surface area contributed by atoms with Gasteiger partial charge in [0.2, 0.25) is 0 Å². The van der Waals surface area contributed by atoms with E-state index >= 15 is 0 Å². The average molecular weight is 478 g/mol. The molecule has 1 aromatic carbocycles. The first kappa shape index (κ1) is 21.8. The van der Waals surface area contributed by atoms with E-state index in [1.807, 2.05) is 21.8 Å². The fourth-order valence-corrected chi connectivity index (χ4v) is 5.74. The van der Waals surface area contributed by atoms with E-state index in [0.717, 1.165) is 60.4 Å². The second-order valence-corrected chi connectivity index (χ2v) is 9.66. The number of pyridine rings is 1. The lowest BCUT2D eigenvalue weighted by Crippen LogP contribution is -2.41. The average Bonchev–Trinajstić information content (AvgIpc) is 3.30. The fourth-order valence-electron chi connectivity index (χ4n) is 4.73. The number of morpholine rings is 2. The van der Waals surface area contributed by atoms with E-state index in [1.54, 1.807) is 11.8 Å². The summed E-state index contributed by atoms with van der Waals surface area (Å²) in [4.78, 5) is 22.3. The van der Waals surface area contributed by atoms with Gasteiger partial charge in [0.05, 0.1) is 37.8 Å². The lowest BCUT2D eigenvalue weighted by molar-refractivity contribution is 0.0298. The van der Waals surface area contributed by atoms with E-state index in [4.69, 9.17) is 14.6 Å². The lowest BCUT2D eigenvalue weighted by Gasteiger charge is -2.26. The van der Waals surface area contributed by atoms with Gasteiger partial charge in [-0.3, -0.25) is 9.69 Å². The summed E-state index contributed by atoms with van der Waals surface area (Å²) >= 11 is 1.66. The molecule has 0 bridgehead atoms. The van der Waals surface area contributed by atoms with E-state index in [0.29, 0.717) is 37.8 Å². The molecule has 1 amide bonds. The van der Waals surface area contributed by atoms with Crippen LogP contribution in [-0.4, -0.2) is 83.1 Å². The van der Waals surface area contributed by atoms with Crippen LogP contribution in [0.2, 0.25) is 0 Å². The maximum absolute atomic E-state index is 13.5. The molecule has 6 rings (SSSR count). The van der Waals surface area contributed by atoms with Gasteiger partial charge in [0.15, 0.2) is 5.69 Å². The highest BCUT2D eigenvalue weighted by Gasteiger charge is 2.32. The topological polar surface area (TPSA) is 72.7 Å². The SMILES string of the molecule is O=C(c1nn(-c2ccc(CN3CCOCC3)cc2)c2c1CSc1ncccc1-2)N1CCOCC1. The molecular formula is C25H27N5O3S. The summed E-state index contributed by atoms with van der Waals surface area (Å²) in [5.74, 6) is 0.662. The van der Waals surface area contributed by atoms with E-state index < -0.39 is 0 Å². The lowest BCUT2D eigenvalue weighted by atomic mass is 10.1. The van der Waals surface area contributed by atoms with Crippen LogP contribution in [0.5, 0.6) is 0 Å². The van der Waals surface area contributed by atoms with E-state index in [1.165, 1.54) is 5.56 Å².